The van der Waals surface area contributed by atoms with Crippen LogP contribution in [-0.4, -0.2) is 9.55 Å². The highest BCUT2D eigenvalue weighted by molar-refractivity contribution is 5.81. The second-order valence-electron chi connectivity index (χ2n) is 3.07. The van der Waals surface area contributed by atoms with Crippen molar-refractivity contribution >= 4 is 11.0 Å². The predicted molar refractivity (Wildman–Crippen MR) is 50.2 cm³/mol. The Morgan fingerprint density at radius 1 is 1.46 bits per heavy atom. The van der Waals surface area contributed by atoms with Crippen molar-refractivity contribution in [3.8, 4) is 6.07 Å². The number of nitriles is 1. The Labute approximate surface area is 76.2 Å². The van der Waals surface area contributed by atoms with Crippen LogP contribution in [0.4, 0.5) is 0 Å². The highest BCUT2D eigenvalue weighted by Crippen LogP contribution is 2.18. The molecule has 0 saturated carbocycles. The molecule has 0 atom stereocenters. The average Bonchev–Trinajstić information content (AvgIpc) is 2.50. The van der Waals surface area contributed by atoms with E-state index in [4.69, 9.17) is 5.26 Å². The zero-order valence-electron chi connectivity index (χ0n) is 7.57. The molecule has 0 spiro atoms. The summed E-state index contributed by atoms with van der Waals surface area (Å²) in [5.74, 6) is 0. The Bertz CT molecular complexity index is 503. The van der Waals surface area contributed by atoms with Gasteiger partial charge in [0.15, 0.2) is 0 Å². The van der Waals surface area contributed by atoms with Gasteiger partial charge in [0.2, 0.25) is 0 Å². The van der Waals surface area contributed by atoms with Crippen LogP contribution < -0.4 is 0 Å². The van der Waals surface area contributed by atoms with Crippen LogP contribution in [0.2, 0.25) is 0 Å². The van der Waals surface area contributed by atoms with Gasteiger partial charge in [-0.25, -0.2) is 4.98 Å². The van der Waals surface area contributed by atoms with Gasteiger partial charge in [0.05, 0.1) is 29.0 Å². The number of nitrogens with zero attached hydrogens (tertiary/aromatic N) is 3. The molecule has 0 N–H and O–H groups in total. The van der Waals surface area contributed by atoms with Crippen molar-refractivity contribution in [1.82, 2.24) is 9.55 Å². The average molecular weight is 171 g/mol. The monoisotopic (exact) mass is 171 g/mol. The van der Waals surface area contributed by atoms with Crippen molar-refractivity contribution in [3.05, 3.63) is 29.6 Å². The minimum Gasteiger partial charge on any atom is -0.334 e. The number of imidazole rings is 1. The van der Waals surface area contributed by atoms with Crippen molar-refractivity contribution in [2.75, 3.05) is 0 Å². The molecule has 0 aliphatic rings. The third kappa shape index (κ3) is 0.994. The van der Waals surface area contributed by atoms with Gasteiger partial charge >= 0.3 is 0 Å². The molecule has 0 unspecified atom stereocenters. The largest absolute Gasteiger partial charge is 0.334 e. The highest BCUT2D eigenvalue weighted by atomic mass is 15.0. The third-order valence-electron chi connectivity index (χ3n) is 2.27. The molecule has 0 radical (unpaired) electrons. The van der Waals surface area contributed by atoms with Crippen molar-refractivity contribution < 1.29 is 0 Å². The molecule has 0 aliphatic heterocycles. The van der Waals surface area contributed by atoms with E-state index in [1.807, 2.05) is 30.7 Å². The Morgan fingerprint density at radius 3 is 2.92 bits per heavy atom. The maximum absolute atomic E-state index is 8.80. The smallest absolute Gasteiger partial charge is 0.0995 e. The molecule has 1 aromatic heterocycles. The van der Waals surface area contributed by atoms with E-state index in [2.05, 4.69) is 11.1 Å². The first-order chi connectivity index (χ1) is 6.24. The van der Waals surface area contributed by atoms with Crippen molar-refractivity contribution in [2.24, 2.45) is 7.05 Å². The molecular weight excluding hydrogens is 162 g/mol. The summed E-state index contributed by atoms with van der Waals surface area (Å²) in [5.41, 5.74) is 3.64. The lowest BCUT2D eigenvalue weighted by atomic mass is 10.1. The van der Waals surface area contributed by atoms with E-state index in [9.17, 15) is 0 Å². The minimum atomic E-state index is 0.700. The van der Waals surface area contributed by atoms with E-state index in [1.165, 1.54) is 0 Å². The first-order valence-corrected chi connectivity index (χ1v) is 4.05. The maximum atomic E-state index is 8.80. The van der Waals surface area contributed by atoms with Gasteiger partial charge in [-0.2, -0.15) is 5.26 Å². The normalized spacial score (nSPS) is 10.2. The molecule has 1 aromatic carbocycles. The van der Waals surface area contributed by atoms with Crippen LogP contribution in [-0.2, 0) is 7.05 Å². The van der Waals surface area contributed by atoms with Gasteiger partial charge < -0.3 is 4.57 Å². The quantitative estimate of drug-likeness (QED) is 0.606. The number of benzene rings is 1. The summed E-state index contributed by atoms with van der Waals surface area (Å²) in [6, 6.07) is 5.90. The Balaban J connectivity index is 2.90. The van der Waals surface area contributed by atoms with Crippen LogP contribution in [0.25, 0.3) is 11.0 Å². The molecule has 13 heavy (non-hydrogen) atoms. The van der Waals surface area contributed by atoms with Crippen molar-refractivity contribution in [1.29, 1.82) is 5.26 Å². The molecule has 64 valence electrons. The van der Waals surface area contributed by atoms with Crippen LogP contribution >= 0.6 is 0 Å². The van der Waals surface area contributed by atoms with Crippen LogP contribution in [0.3, 0.4) is 0 Å². The van der Waals surface area contributed by atoms with E-state index in [0.717, 1.165) is 16.6 Å². The first-order valence-electron chi connectivity index (χ1n) is 4.05. The fourth-order valence-corrected chi connectivity index (χ4v) is 1.46. The molecule has 1 heterocycles. The SMILES string of the molecule is Cc1c(C#N)ccc2c1ncn2C. The number of hydrogen-bond donors (Lipinski definition) is 0. The van der Waals surface area contributed by atoms with Gasteiger partial charge in [0, 0.05) is 7.05 Å². The highest BCUT2D eigenvalue weighted by Gasteiger charge is 2.05. The van der Waals surface area contributed by atoms with Gasteiger partial charge in [0.1, 0.15) is 0 Å². The zero-order valence-corrected chi connectivity index (χ0v) is 7.57. The number of hydrogen-bond acceptors (Lipinski definition) is 2. The first kappa shape index (κ1) is 7.81. The maximum Gasteiger partial charge on any atom is 0.0995 e. The summed E-state index contributed by atoms with van der Waals surface area (Å²) in [4.78, 5) is 4.24. The van der Waals surface area contributed by atoms with Gasteiger partial charge in [-0.15, -0.1) is 0 Å². The Morgan fingerprint density at radius 2 is 2.23 bits per heavy atom. The number of aryl methyl sites for hydroxylation is 2. The van der Waals surface area contributed by atoms with E-state index < -0.39 is 0 Å². The van der Waals surface area contributed by atoms with Gasteiger partial charge in [0.25, 0.3) is 0 Å². The summed E-state index contributed by atoms with van der Waals surface area (Å²) in [5, 5.41) is 8.80. The van der Waals surface area contributed by atoms with Crippen molar-refractivity contribution in [3.63, 3.8) is 0 Å². The predicted octanol–water partition coefficient (Wildman–Crippen LogP) is 1.75. The molecule has 0 aliphatic carbocycles. The van der Waals surface area contributed by atoms with Crippen molar-refractivity contribution in [2.45, 2.75) is 6.92 Å². The Kier molecular flexibility index (Phi) is 1.56. The molecule has 2 aromatic rings. The molecule has 3 nitrogen and oxygen atoms in total. The van der Waals surface area contributed by atoms with Gasteiger partial charge in [-0.05, 0) is 24.6 Å². The third-order valence-corrected chi connectivity index (χ3v) is 2.27. The molecular formula is C10H9N3. The summed E-state index contributed by atoms with van der Waals surface area (Å²) in [6.45, 7) is 1.92. The summed E-state index contributed by atoms with van der Waals surface area (Å²) >= 11 is 0. The summed E-state index contributed by atoms with van der Waals surface area (Å²) in [6.07, 6.45) is 1.76. The molecule has 0 saturated heterocycles. The molecule has 3 heteroatoms. The molecule has 0 amide bonds. The lowest BCUT2D eigenvalue weighted by Gasteiger charge is -1.98. The topological polar surface area (TPSA) is 41.6 Å². The molecule has 0 fully saturated rings. The summed E-state index contributed by atoms with van der Waals surface area (Å²) in [7, 11) is 1.95. The van der Waals surface area contributed by atoms with Crippen LogP contribution in [0.15, 0.2) is 18.5 Å². The Hall–Kier alpha value is -1.82. The summed E-state index contributed by atoms with van der Waals surface area (Å²) < 4.78 is 1.95. The fourth-order valence-electron chi connectivity index (χ4n) is 1.46. The van der Waals surface area contributed by atoms with Crippen LogP contribution in [0.1, 0.15) is 11.1 Å². The lowest BCUT2D eigenvalue weighted by molar-refractivity contribution is 0.947. The number of fused-ring (bicyclic) bond motifs is 1. The van der Waals surface area contributed by atoms with E-state index >= 15 is 0 Å². The second kappa shape index (κ2) is 2.60. The minimum absolute atomic E-state index is 0.700. The molecule has 0 bridgehead atoms. The standard InChI is InChI=1S/C10H9N3/c1-7-8(5-11)3-4-9-10(7)12-6-13(9)2/h3-4,6H,1-2H3. The van der Waals surface area contributed by atoms with Gasteiger partial charge in [-0.1, -0.05) is 0 Å². The second-order valence-corrected chi connectivity index (χ2v) is 3.07. The van der Waals surface area contributed by atoms with E-state index in [-0.39, 0.29) is 0 Å². The number of rotatable bonds is 0. The van der Waals surface area contributed by atoms with Gasteiger partial charge in [-0.3, -0.25) is 0 Å². The number of aromatic nitrogens is 2. The zero-order chi connectivity index (χ0) is 9.42. The fraction of sp³-hybridized carbons (Fsp3) is 0.200. The van der Waals surface area contributed by atoms with Crippen LogP contribution in [0.5, 0.6) is 0 Å². The lowest BCUT2D eigenvalue weighted by Crippen LogP contribution is -1.87. The van der Waals surface area contributed by atoms with E-state index in [1.54, 1.807) is 6.33 Å². The van der Waals surface area contributed by atoms with E-state index in [0.29, 0.717) is 5.56 Å². The van der Waals surface area contributed by atoms with Crippen LogP contribution in [0, 0.1) is 18.3 Å². The molecule has 2 rings (SSSR count).